The lowest BCUT2D eigenvalue weighted by molar-refractivity contribution is 0.260. The lowest BCUT2D eigenvalue weighted by Gasteiger charge is -2.14. The van der Waals surface area contributed by atoms with Crippen LogP contribution in [0.25, 0.3) is 0 Å². The number of likely N-dealkylation sites (N-methyl/N-ethyl adjacent to an activating group) is 1. The first-order valence-corrected chi connectivity index (χ1v) is 9.29. The number of halogens is 3. The molecule has 25 heavy (non-hydrogen) atoms. The van der Waals surface area contributed by atoms with Crippen molar-refractivity contribution in [3.8, 4) is 5.75 Å². The zero-order valence-electron chi connectivity index (χ0n) is 13.8. The van der Waals surface area contributed by atoms with E-state index in [0.717, 1.165) is 15.9 Å². The van der Waals surface area contributed by atoms with Gasteiger partial charge in [-0.2, -0.15) is 0 Å². The fourth-order valence-corrected chi connectivity index (χ4v) is 2.74. The van der Waals surface area contributed by atoms with Crippen molar-refractivity contribution in [3.05, 3.63) is 50.0 Å². The summed E-state index contributed by atoms with van der Waals surface area (Å²) >= 11 is 14.2. The average Bonchev–Trinajstić information content (AvgIpc) is 2.53. The van der Waals surface area contributed by atoms with Gasteiger partial charge in [-0.3, -0.25) is 0 Å². The normalized spacial score (nSPS) is 10.6. The Hall–Kier alpha value is -1.22. The van der Waals surface area contributed by atoms with Crippen LogP contribution in [0.5, 0.6) is 5.75 Å². The number of hydrogen-bond acceptors (Lipinski definition) is 3. The summed E-state index contributed by atoms with van der Waals surface area (Å²) < 4.78 is 6.74. The van der Waals surface area contributed by atoms with E-state index in [9.17, 15) is 4.79 Å². The first-order chi connectivity index (χ1) is 11.8. The zero-order chi connectivity index (χ0) is 18.4. The van der Waals surface area contributed by atoms with E-state index in [1.165, 1.54) is 0 Å². The molecule has 0 saturated carbocycles. The quantitative estimate of drug-likeness (QED) is 0.545. The highest BCUT2D eigenvalue weighted by Gasteiger charge is 2.09. The molecule has 0 saturated heterocycles. The van der Waals surface area contributed by atoms with Crippen molar-refractivity contribution in [2.24, 2.45) is 0 Å². The van der Waals surface area contributed by atoms with Crippen LogP contribution in [0.1, 0.15) is 0 Å². The molecule has 0 aliphatic rings. The molecule has 2 N–H and O–H groups in total. The van der Waals surface area contributed by atoms with Gasteiger partial charge >= 0.3 is 6.03 Å². The Balaban J connectivity index is 2.01. The van der Waals surface area contributed by atoms with Gasteiger partial charge < -0.3 is 20.3 Å². The summed E-state index contributed by atoms with van der Waals surface area (Å²) in [6.45, 7) is 1.37. The summed E-state index contributed by atoms with van der Waals surface area (Å²) in [6, 6.07) is 9.94. The second-order valence-electron chi connectivity index (χ2n) is 5.50. The Morgan fingerprint density at radius 1 is 1.16 bits per heavy atom. The van der Waals surface area contributed by atoms with Crippen LogP contribution in [0.3, 0.4) is 0 Å². The van der Waals surface area contributed by atoms with Crippen LogP contribution in [-0.2, 0) is 0 Å². The number of carbonyl (C=O) groups excluding carboxylic acids is 1. The van der Waals surface area contributed by atoms with Gasteiger partial charge in [0, 0.05) is 23.3 Å². The van der Waals surface area contributed by atoms with Gasteiger partial charge in [-0.1, -0.05) is 23.2 Å². The first kappa shape index (κ1) is 20.1. The molecule has 0 fully saturated rings. The monoisotopic (exact) mass is 493 g/mol. The van der Waals surface area contributed by atoms with Gasteiger partial charge in [0.15, 0.2) is 0 Å². The first-order valence-electron chi connectivity index (χ1n) is 7.45. The highest BCUT2D eigenvalue weighted by Crippen LogP contribution is 2.27. The van der Waals surface area contributed by atoms with Gasteiger partial charge in [-0.05, 0) is 67.0 Å². The Bertz CT molecular complexity index is 757. The second-order valence-corrected chi connectivity index (χ2v) is 7.51. The number of ether oxygens (including phenoxy) is 1. The Morgan fingerprint density at radius 3 is 2.64 bits per heavy atom. The Kier molecular flexibility index (Phi) is 7.61. The lowest BCUT2D eigenvalue weighted by atomic mass is 10.3. The van der Waals surface area contributed by atoms with Crippen molar-refractivity contribution >= 4 is 63.2 Å². The predicted molar refractivity (Wildman–Crippen MR) is 112 cm³/mol. The molecule has 0 aromatic heterocycles. The fraction of sp³-hybridized carbons (Fsp3) is 0.235. The molecule has 0 atom stereocenters. The molecule has 0 unspecified atom stereocenters. The Labute approximate surface area is 170 Å². The van der Waals surface area contributed by atoms with Gasteiger partial charge in [0.1, 0.15) is 12.4 Å². The molecule has 0 heterocycles. The molecule has 0 aliphatic heterocycles. The number of nitrogens with one attached hydrogen (secondary N) is 2. The standard InChI is InChI=1S/C17H18Cl2IN3O2/c1-23(2)7-8-25-16-10-12(4-6-14(16)20)21-17(24)22-15-9-11(18)3-5-13(15)19/h3-6,9-10H,7-8H2,1-2H3,(H2,21,22,24). The van der Waals surface area contributed by atoms with E-state index in [-0.39, 0.29) is 0 Å². The largest absolute Gasteiger partial charge is 0.491 e. The summed E-state index contributed by atoms with van der Waals surface area (Å²) in [4.78, 5) is 14.2. The summed E-state index contributed by atoms with van der Waals surface area (Å²) in [5, 5.41) is 6.34. The van der Waals surface area contributed by atoms with E-state index < -0.39 is 6.03 Å². The van der Waals surface area contributed by atoms with E-state index in [2.05, 4.69) is 33.2 Å². The molecule has 5 nitrogen and oxygen atoms in total. The molecule has 134 valence electrons. The summed E-state index contributed by atoms with van der Waals surface area (Å²) in [5.41, 5.74) is 1.07. The van der Waals surface area contributed by atoms with Crippen molar-refractivity contribution in [2.45, 2.75) is 0 Å². The van der Waals surface area contributed by atoms with Gasteiger partial charge in [-0.25, -0.2) is 4.79 Å². The van der Waals surface area contributed by atoms with Crippen molar-refractivity contribution in [3.63, 3.8) is 0 Å². The van der Waals surface area contributed by atoms with Gasteiger partial charge in [0.05, 0.1) is 14.3 Å². The predicted octanol–water partition coefficient (Wildman–Crippen LogP) is 5.18. The van der Waals surface area contributed by atoms with E-state index in [1.807, 2.05) is 25.1 Å². The van der Waals surface area contributed by atoms with Crippen LogP contribution in [0.2, 0.25) is 10.0 Å². The van der Waals surface area contributed by atoms with Crippen molar-refractivity contribution in [2.75, 3.05) is 37.9 Å². The van der Waals surface area contributed by atoms with Crippen LogP contribution in [0, 0.1) is 3.57 Å². The number of anilines is 2. The molecule has 0 spiro atoms. The van der Waals surface area contributed by atoms with Crippen molar-refractivity contribution < 1.29 is 9.53 Å². The molecular weight excluding hydrogens is 476 g/mol. The number of rotatable bonds is 6. The van der Waals surface area contributed by atoms with Gasteiger partial charge in [0.2, 0.25) is 0 Å². The minimum atomic E-state index is -0.412. The summed E-state index contributed by atoms with van der Waals surface area (Å²) in [7, 11) is 3.97. The number of amides is 2. The molecule has 0 bridgehead atoms. The third-order valence-electron chi connectivity index (χ3n) is 3.16. The highest BCUT2D eigenvalue weighted by atomic mass is 127. The summed E-state index contributed by atoms with van der Waals surface area (Å²) in [5.74, 6) is 0.723. The van der Waals surface area contributed by atoms with Crippen molar-refractivity contribution in [1.82, 2.24) is 4.90 Å². The van der Waals surface area contributed by atoms with Crippen LogP contribution in [0.15, 0.2) is 36.4 Å². The van der Waals surface area contributed by atoms with Gasteiger partial charge in [0.25, 0.3) is 0 Å². The maximum Gasteiger partial charge on any atom is 0.323 e. The lowest BCUT2D eigenvalue weighted by Crippen LogP contribution is -2.20. The van der Waals surface area contributed by atoms with Crippen LogP contribution in [-0.4, -0.2) is 38.2 Å². The van der Waals surface area contributed by atoms with E-state index in [4.69, 9.17) is 27.9 Å². The Morgan fingerprint density at radius 2 is 1.92 bits per heavy atom. The number of carbonyl (C=O) groups is 1. The minimum Gasteiger partial charge on any atom is -0.491 e. The minimum absolute atomic E-state index is 0.412. The van der Waals surface area contributed by atoms with Crippen molar-refractivity contribution in [1.29, 1.82) is 0 Å². The number of urea groups is 1. The molecular formula is C17H18Cl2IN3O2. The maximum atomic E-state index is 12.2. The summed E-state index contributed by atoms with van der Waals surface area (Å²) in [6.07, 6.45) is 0. The van der Waals surface area contributed by atoms with Crippen LogP contribution >= 0.6 is 45.8 Å². The number of benzene rings is 2. The molecule has 8 heteroatoms. The molecule has 2 amide bonds. The SMILES string of the molecule is CN(C)CCOc1cc(NC(=O)Nc2cc(Cl)ccc2Cl)ccc1I. The molecule has 2 aromatic carbocycles. The average molecular weight is 494 g/mol. The fourth-order valence-electron chi connectivity index (χ4n) is 1.91. The van der Waals surface area contributed by atoms with Gasteiger partial charge in [-0.15, -0.1) is 0 Å². The van der Waals surface area contributed by atoms with Crippen LogP contribution < -0.4 is 15.4 Å². The van der Waals surface area contributed by atoms with Crippen LogP contribution in [0.4, 0.5) is 16.2 Å². The topological polar surface area (TPSA) is 53.6 Å². The van der Waals surface area contributed by atoms with E-state index >= 15 is 0 Å². The maximum absolute atomic E-state index is 12.2. The third kappa shape index (κ3) is 6.54. The molecule has 0 radical (unpaired) electrons. The third-order valence-corrected chi connectivity index (χ3v) is 4.62. The molecule has 0 aliphatic carbocycles. The smallest absolute Gasteiger partial charge is 0.323 e. The zero-order valence-corrected chi connectivity index (χ0v) is 17.4. The number of hydrogen-bond donors (Lipinski definition) is 2. The second kappa shape index (κ2) is 9.47. The van der Waals surface area contributed by atoms with E-state index in [1.54, 1.807) is 30.3 Å². The highest BCUT2D eigenvalue weighted by molar-refractivity contribution is 14.1. The van der Waals surface area contributed by atoms with E-state index in [0.29, 0.717) is 28.0 Å². The molecule has 2 aromatic rings. The number of nitrogens with zero attached hydrogens (tertiary/aromatic N) is 1. The molecule has 2 rings (SSSR count).